The molecule has 0 fully saturated rings. The number of nitrogens with one attached hydrogen (secondary N) is 1. The summed E-state index contributed by atoms with van der Waals surface area (Å²) >= 11 is 0. The SMILES string of the molecule is CCOc1ncccc1C(C)(C)c1cc(N)c2n[nH]c(C)c2n1. The molecule has 3 N–H and O–H groups in total. The van der Waals surface area contributed by atoms with Crippen LogP contribution in [0.25, 0.3) is 11.0 Å². The number of nitrogens with zero attached hydrogens (tertiary/aromatic N) is 3. The van der Waals surface area contributed by atoms with E-state index < -0.39 is 5.41 Å². The van der Waals surface area contributed by atoms with E-state index in [1.165, 1.54) is 0 Å². The van der Waals surface area contributed by atoms with Gasteiger partial charge in [-0.2, -0.15) is 5.10 Å². The number of aromatic nitrogens is 4. The summed E-state index contributed by atoms with van der Waals surface area (Å²) in [6.45, 7) is 8.64. The molecule has 0 saturated heterocycles. The number of aryl methyl sites for hydroxylation is 1. The van der Waals surface area contributed by atoms with Gasteiger partial charge in [-0.1, -0.05) is 6.07 Å². The summed E-state index contributed by atoms with van der Waals surface area (Å²) < 4.78 is 5.68. The van der Waals surface area contributed by atoms with Crippen molar-refractivity contribution in [2.24, 2.45) is 0 Å². The van der Waals surface area contributed by atoms with E-state index in [9.17, 15) is 0 Å². The van der Waals surface area contributed by atoms with Gasteiger partial charge in [-0.05, 0) is 39.8 Å². The first kappa shape index (κ1) is 15.3. The van der Waals surface area contributed by atoms with E-state index >= 15 is 0 Å². The van der Waals surface area contributed by atoms with Crippen molar-refractivity contribution < 1.29 is 4.74 Å². The molecule has 0 bridgehead atoms. The quantitative estimate of drug-likeness (QED) is 0.773. The van der Waals surface area contributed by atoms with Crippen LogP contribution in [0.15, 0.2) is 24.4 Å². The second-order valence-corrected chi connectivity index (χ2v) is 6.06. The third-order valence-electron chi connectivity index (χ3n) is 4.08. The normalized spacial score (nSPS) is 11.8. The minimum atomic E-state index is -0.398. The summed E-state index contributed by atoms with van der Waals surface area (Å²) in [6, 6.07) is 5.80. The molecule has 3 heterocycles. The topological polar surface area (TPSA) is 89.7 Å². The molecule has 0 amide bonds. The molecule has 0 radical (unpaired) electrons. The molecule has 3 aromatic heterocycles. The van der Waals surface area contributed by atoms with Gasteiger partial charge >= 0.3 is 0 Å². The molecule has 6 heteroatoms. The summed E-state index contributed by atoms with van der Waals surface area (Å²) in [7, 11) is 0. The number of fused-ring (bicyclic) bond motifs is 1. The number of rotatable bonds is 4. The molecule has 23 heavy (non-hydrogen) atoms. The minimum absolute atomic E-state index is 0.398. The lowest BCUT2D eigenvalue weighted by atomic mass is 9.81. The Hall–Kier alpha value is -2.63. The van der Waals surface area contributed by atoms with E-state index in [2.05, 4.69) is 29.0 Å². The zero-order chi connectivity index (χ0) is 16.6. The highest BCUT2D eigenvalue weighted by atomic mass is 16.5. The van der Waals surface area contributed by atoms with Crippen LogP contribution in [0.5, 0.6) is 5.88 Å². The molecular formula is C17H21N5O. The number of ether oxygens (including phenoxy) is 1. The van der Waals surface area contributed by atoms with Crippen LogP contribution in [0, 0.1) is 6.92 Å². The number of anilines is 1. The maximum atomic E-state index is 6.17. The van der Waals surface area contributed by atoms with Crippen molar-refractivity contribution in [2.45, 2.75) is 33.1 Å². The van der Waals surface area contributed by atoms with Crippen molar-refractivity contribution in [2.75, 3.05) is 12.3 Å². The molecule has 3 aromatic rings. The average Bonchev–Trinajstić information content (AvgIpc) is 2.90. The Labute approximate surface area is 135 Å². The summed E-state index contributed by atoms with van der Waals surface area (Å²) in [5.41, 5.74) is 10.6. The highest BCUT2D eigenvalue weighted by Crippen LogP contribution is 2.37. The van der Waals surface area contributed by atoms with E-state index in [4.69, 9.17) is 15.5 Å². The minimum Gasteiger partial charge on any atom is -0.478 e. The first-order valence-corrected chi connectivity index (χ1v) is 7.65. The average molecular weight is 311 g/mol. The zero-order valence-electron chi connectivity index (χ0n) is 13.8. The highest BCUT2D eigenvalue weighted by Gasteiger charge is 2.30. The Morgan fingerprint density at radius 3 is 2.83 bits per heavy atom. The van der Waals surface area contributed by atoms with Gasteiger partial charge in [-0.15, -0.1) is 0 Å². The van der Waals surface area contributed by atoms with Gasteiger partial charge in [0.2, 0.25) is 5.88 Å². The van der Waals surface area contributed by atoms with Crippen LogP contribution in [-0.4, -0.2) is 26.8 Å². The summed E-state index contributed by atoms with van der Waals surface area (Å²) in [6.07, 6.45) is 1.73. The van der Waals surface area contributed by atoms with E-state index in [0.29, 0.717) is 23.7 Å². The van der Waals surface area contributed by atoms with Crippen molar-refractivity contribution in [3.63, 3.8) is 0 Å². The van der Waals surface area contributed by atoms with Gasteiger partial charge in [0.05, 0.1) is 23.7 Å². The van der Waals surface area contributed by atoms with Crippen LogP contribution in [0.4, 0.5) is 5.69 Å². The molecular weight excluding hydrogens is 290 g/mol. The maximum Gasteiger partial charge on any atom is 0.217 e. The number of nitrogens with two attached hydrogens (primary N) is 1. The molecule has 120 valence electrons. The molecule has 0 aliphatic carbocycles. The molecule has 0 aliphatic heterocycles. The largest absolute Gasteiger partial charge is 0.478 e. The number of aromatic amines is 1. The van der Waals surface area contributed by atoms with Crippen molar-refractivity contribution >= 4 is 16.7 Å². The third kappa shape index (κ3) is 2.50. The summed E-state index contributed by atoms with van der Waals surface area (Å²) in [5.74, 6) is 0.629. The Kier molecular flexibility index (Phi) is 3.67. The Morgan fingerprint density at radius 1 is 1.30 bits per heavy atom. The summed E-state index contributed by atoms with van der Waals surface area (Å²) in [5, 5.41) is 7.15. The number of pyridine rings is 2. The van der Waals surface area contributed by atoms with Gasteiger partial charge in [-0.25, -0.2) is 9.97 Å². The number of hydrogen-bond acceptors (Lipinski definition) is 5. The molecule has 0 saturated carbocycles. The first-order chi connectivity index (χ1) is 10.9. The van der Waals surface area contributed by atoms with Crippen LogP contribution in [0.3, 0.4) is 0 Å². The van der Waals surface area contributed by atoms with E-state index in [1.54, 1.807) is 6.20 Å². The molecule has 0 atom stereocenters. The molecule has 0 unspecified atom stereocenters. The zero-order valence-corrected chi connectivity index (χ0v) is 13.8. The molecule has 6 nitrogen and oxygen atoms in total. The van der Waals surface area contributed by atoms with Gasteiger partial charge in [0.15, 0.2) is 0 Å². The third-order valence-corrected chi connectivity index (χ3v) is 4.08. The Bertz CT molecular complexity index is 853. The monoisotopic (exact) mass is 311 g/mol. The second-order valence-electron chi connectivity index (χ2n) is 6.06. The number of hydrogen-bond donors (Lipinski definition) is 2. The fraction of sp³-hybridized carbons (Fsp3) is 0.353. The van der Waals surface area contributed by atoms with Gasteiger partial charge in [0, 0.05) is 17.2 Å². The first-order valence-electron chi connectivity index (χ1n) is 7.65. The fourth-order valence-corrected chi connectivity index (χ4v) is 2.71. The second kappa shape index (κ2) is 5.53. The Balaban J connectivity index is 2.18. The van der Waals surface area contributed by atoms with Gasteiger partial charge in [-0.3, -0.25) is 5.10 Å². The maximum absolute atomic E-state index is 6.17. The van der Waals surface area contributed by atoms with Gasteiger partial charge in [0.25, 0.3) is 0 Å². The standard InChI is InChI=1S/C17H21N5O/c1-5-23-16-11(7-6-8-19-16)17(3,4)13-9-12(18)15-14(20-13)10(2)21-22-15/h6-9H,5H2,1-4H3,(H2,18,20)(H,21,22). The van der Waals surface area contributed by atoms with E-state index in [-0.39, 0.29) is 0 Å². The number of H-pyrrole nitrogens is 1. The fourth-order valence-electron chi connectivity index (χ4n) is 2.71. The van der Waals surface area contributed by atoms with Crippen LogP contribution < -0.4 is 10.5 Å². The molecule has 3 rings (SSSR count). The lowest BCUT2D eigenvalue weighted by molar-refractivity contribution is 0.317. The lowest BCUT2D eigenvalue weighted by Crippen LogP contribution is -2.22. The van der Waals surface area contributed by atoms with Crippen molar-refractivity contribution in [1.29, 1.82) is 0 Å². The van der Waals surface area contributed by atoms with Crippen molar-refractivity contribution in [1.82, 2.24) is 20.2 Å². The smallest absolute Gasteiger partial charge is 0.217 e. The van der Waals surface area contributed by atoms with Crippen molar-refractivity contribution in [3.8, 4) is 5.88 Å². The van der Waals surface area contributed by atoms with E-state index in [1.807, 2.05) is 32.0 Å². The van der Waals surface area contributed by atoms with Gasteiger partial charge < -0.3 is 10.5 Å². The van der Waals surface area contributed by atoms with Crippen LogP contribution in [0.1, 0.15) is 37.7 Å². The highest BCUT2D eigenvalue weighted by molar-refractivity contribution is 5.88. The molecule has 0 spiro atoms. The lowest BCUT2D eigenvalue weighted by Gasteiger charge is -2.26. The molecule has 0 aromatic carbocycles. The van der Waals surface area contributed by atoms with Crippen molar-refractivity contribution in [3.05, 3.63) is 41.3 Å². The van der Waals surface area contributed by atoms with Crippen LogP contribution >= 0.6 is 0 Å². The van der Waals surface area contributed by atoms with E-state index in [0.717, 1.165) is 22.5 Å². The van der Waals surface area contributed by atoms with Crippen LogP contribution in [0.2, 0.25) is 0 Å². The summed E-state index contributed by atoms with van der Waals surface area (Å²) in [4.78, 5) is 9.14. The Morgan fingerprint density at radius 2 is 2.09 bits per heavy atom. The predicted octanol–water partition coefficient (Wildman–Crippen LogP) is 2.97. The number of nitrogen functional groups attached to an aromatic ring is 1. The predicted molar refractivity (Wildman–Crippen MR) is 90.6 cm³/mol. The van der Waals surface area contributed by atoms with Gasteiger partial charge in [0.1, 0.15) is 11.0 Å². The molecule has 0 aliphatic rings. The van der Waals surface area contributed by atoms with Crippen LogP contribution in [-0.2, 0) is 5.41 Å².